The third-order valence-electron chi connectivity index (χ3n) is 4.30. The fourth-order valence-electron chi connectivity index (χ4n) is 2.95. The standard InChI is InChI=1S/C17H20ClN3O2/c1-20-8-5-13(6-9-20)21(12-14-3-2-10-23-14)17(22)15-4-7-19-11-16(15)18/h2-4,7,10-11,13H,5-6,8-9,12H2,1H3. The molecule has 0 aromatic carbocycles. The summed E-state index contributed by atoms with van der Waals surface area (Å²) in [7, 11) is 2.11. The zero-order valence-corrected chi connectivity index (χ0v) is 13.9. The monoisotopic (exact) mass is 333 g/mol. The Bertz CT molecular complexity index is 652. The third-order valence-corrected chi connectivity index (χ3v) is 4.60. The molecule has 0 saturated carbocycles. The molecule has 1 aliphatic rings. The number of rotatable bonds is 4. The van der Waals surface area contributed by atoms with Crippen LogP contribution in [0.3, 0.4) is 0 Å². The molecule has 0 atom stereocenters. The molecule has 0 unspecified atom stereocenters. The molecule has 1 amide bonds. The molecule has 3 rings (SSSR count). The van der Waals surface area contributed by atoms with Crippen LogP contribution >= 0.6 is 11.6 Å². The third kappa shape index (κ3) is 3.74. The smallest absolute Gasteiger partial charge is 0.256 e. The van der Waals surface area contributed by atoms with Crippen molar-refractivity contribution in [3.05, 3.63) is 53.2 Å². The van der Waals surface area contributed by atoms with Crippen LogP contribution in [0.5, 0.6) is 0 Å². The zero-order chi connectivity index (χ0) is 16.2. The Morgan fingerprint density at radius 1 is 1.43 bits per heavy atom. The lowest BCUT2D eigenvalue weighted by Crippen LogP contribution is -2.46. The van der Waals surface area contributed by atoms with E-state index in [0.29, 0.717) is 17.1 Å². The number of amides is 1. The molecule has 1 saturated heterocycles. The normalized spacial score (nSPS) is 16.4. The van der Waals surface area contributed by atoms with Crippen LogP contribution < -0.4 is 0 Å². The first-order chi connectivity index (χ1) is 11.1. The first kappa shape index (κ1) is 16.0. The molecular weight excluding hydrogens is 314 g/mol. The molecule has 3 heterocycles. The second kappa shape index (κ2) is 7.15. The second-order valence-electron chi connectivity index (χ2n) is 5.90. The number of hydrogen-bond donors (Lipinski definition) is 0. The van der Waals surface area contributed by atoms with Gasteiger partial charge in [-0.05, 0) is 51.2 Å². The van der Waals surface area contributed by atoms with E-state index >= 15 is 0 Å². The Morgan fingerprint density at radius 2 is 2.22 bits per heavy atom. The summed E-state index contributed by atoms with van der Waals surface area (Å²) >= 11 is 6.17. The van der Waals surface area contributed by atoms with Crippen LogP contribution in [0.2, 0.25) is 5.02 Å². The fraction of sp³-hybridized carbons (Fsp3) is 0.412. The molecule has 23 heavy (non-hydrogen) atoms. The first-order valence-corrected chi connectivity index (χ1v) is 8.14. The molecule has 0 bridgehead atoms. The average Bonchev–Trinajstić information content (AvgIpc) is 3.07. The minimum absolute atomic E-state index is 0.0663. The number of pyridine rings is 1. The maximum Gasteiger partial charge on any atom is 0.256 e. The lowest BCUT2D eigenvalue weighted by Gasteiger charge is -2.37. The molecule has 122 valence electrons. The summed E-state index contributed by atoms with van der Waals surface area (Å²) in [6.45, 7) is 2.42. The molecule has 2 aromatic rings. The van der Waals surface area contributed by atoms with Crippen LogP contribution in [0.25, 0.3) is 0 Å². The number of nitrogens with zero attached hydrogens (tertiary/aromatic N) is 3. The largest absolute Gasteiger partial charge is 0.467 e. The van der Waals surface area contributed by atoms with Crippen LogP contribution in [0.15, 0.2) is 41.3 Å². The van der Waals surface area contributed by atoms with Crippen molar-refractivity contribution >= 4 is 17.5 Å². The Labute approximate surface area is 140 Å². The van der Waals surface area contributed by atoms with E-state index in [1.807, 2.05) is 17.0 Å². The van der Waals surface area contributed by atoms with E-state index in [-0.39, 0.29) is 11.9 Å². The summed E-state index contributed by atoms with van der Waals surface area (Å²) in [5.74, 6) is 0.714. The highest BCUT2D eigenvalue weighted by atomic mass is 35.5. The van der Waals surface area contributed by atoms with E-state index in [9.17, 15) is 4.79 Å². The molecular formula is C17H20ClN3O2. The Hall–Kier alpha value is -1.85. The number of hydrogen-bond acceptors (Lipinski definition) is 4. The van der Waals surface area contributed by atoms with Gasteiger partial charge in [-0.3, -0.25) is 9.78 Å². The van der Waals surface area contributed by atoms with E-state index in [2.05, 4.69) is 16.9 Å². The van der Waals surface area contributed by atoms with Gasteiger partial charge in [-0.1, -0.05) is 11.6 Å². The van der Waals surface area contributed by atoms with Crippen molar-refractivity contribution in [3.63, 3.8) is 0 Å². The summed E-state index contributed by atoms with van der Waals surface area (Å²) in [6, 6.07) is 5.59. The van der Waals surface area contributed by atoms with E-state index < -0.39 is 0 Å². The highest BCUT2D eigenvalue weighted by Crippen LogP contribution is 2.23. The molecule has 6 heteroatoms. The van der Waals surface area contributed by atoms with Crippen molar-refractivity contribution in [1.82, 2.24) is 14.8 Å². The molecule has 0 radical (unpaired) electrons. The van der Waals surface area contributed by atoms with Crippen molar-refractivity contribution < 1.29 is 9.21 Å². The zero-order valence-electron chi connectivity index (χ0n) is 13.1. The fourth-order valence-corrected chi connectivity index (χ4v) is 3.15. The Morgan fingerprint density at radius 3 is 2.87 bits per heavy atom. The average molecular weight is 334 g/mol. The van der Waals surface area contributed by atoms with Crippen LogP contribution in [-0.4, -0.2) is 46.9 Å². The molecule has 0 N–H and O–H groups in total. The van der Waals surface area contributed by atoms with Gasteiger partial charge in [0.15, 0.2) is 0 Å². The van der Waals surface area contributed by atoms with Crippen molar-refractivity contribution in [3.8, 4) is 0 Å². The predicted octanol–water partition coefficient (Wildman–Crippen LogP) is 3.06. The lowest BCUT2D eigenvalue weighted by atomic mass is 10.0. The quantitative estimate of drug-likeness (QED) is 0.862. The highest BCUT2D eigenvalue weighted by molar-refractivity contribution is 6.33. The van der Waals surface area contributed by atoms with Crippen LogP contribution in [0.4, 0.5) is 0 Å². The van der Waals surface area contributed by atoms with Crippen molar-refractivity contribution in [2.24, 2.45) is 0 Å². The summed E-state index contributed by atoms with van der Waals surface area (Å²) in [4.78, 5) is 21.2. The molecule has 0 spiro atoms. The highest BCUT2D eigenvalue weighted by Gasteiger charge is 2.29. The second-order valence-corrected chi connectivity index (χ2v) is 6.31. The van der Waals surface area contributed by atoms with Crippen LogP contribution in [-0.2, 0) is 6.54 Å². The number of carbonyl (C=O) groups is 1. The molecule has 5 nitrogen and oxygen atoms in total. The van der Waals surface area contributed by atoms with Crippen molar-refractivity contribution in [2.45, 2.75) is 25.4 Å². The van der Waals surface area contributed by atoms with E-state index in [1.165, 1.54) is 6.20 Å². The van der Waals surface area contributed by atoms with Crippen LogP contribution in [0, 0.1) is 0 Å². The lowest BCUT2D eigenvalue weighted by molar-refractivity contribution is 0.0551. The van der Waals surface area contributed by atoms with Gasteiger partial charge < -0.3 is 14.2 Å². The maximum atomic E-state index is 13.0. The number of piperidine rings is 1. The Kier molecular flexibility index (Phi) is 4.98. The predicted molar refractivity (Wildman–Crippen MR) is 88.3 cm³/mol. The number of aromatic nitrogens is 1. The summed E-state index contributed by atoms with van der Waals surface area (Å²) in [5.41, 5.74) is 0.493. The minimum Gasteiger partial charge on any atom is -0.467 e. The first-order valence-electron chi connectivity index (χ1n) is 7.76. The molecule has 1 aliphatic heterocycles. The van der Waals surface area contributed by atoms with Gasteiger partial charge >= 0.3 is 0 Å². The SMILES string of the molecule is CN1CCC(N(Cc2ccco2)C(=O)c2ccncc2Cl)CC1. The van der Waals surface area contributed by atoms with Gasteiger partial charge in [-0.2, -0.15) is 0 Å². The van der Waals surface area contributed by atoms with Gasteiger partial charge in [-0.25, -0.2) is 0 Å². The van der Waals surface area contributed by atoms with Crippen LogP contribution in [0.1, 0.15) is 29.0 Å². The molecule has 0 aliphatic carbocycles. The van der Waals surface area contributed by atoms with Gasteiger partial charge in [0.25, 0.3) is 5.91 Å². The van der Waals surface area contributed by atoms with Crippen molar-refractivity contribution in [1.29, 1.82) is 0 Å². The summed E-state index contributed by atoms with van der Waals surface area (Å²) < 4.78 is 5.44. The van der Waals surface area contributed by atoms with E-state index in [1.54, 1.807) is 18.5 Å². The van der Waals surface area contributed by atoms with Gasteiger partial charge in [0.1, 0.15) is 5.76 Å². The number of halogens is 1. The minimum atomic E-state index is -0.0663. The number of likely N-dealkylation sites (tertiary alicyclic amines) is 1. The van der Waals surface area contributed by atoms with Gasteiger partial charge in [0, 0.05) is 18.4 Å². The number of furan rings is 1. The Balaban J connectivity index is 1.85. The molecule has 2 aromatic heterocycles. The summed E-state index contributed by atoms with van der Waals surface area (Å²) in [5, 5.41) is 0.384. The van der Waals surface area contributed by atoms with E-state index in [0.717, 1.165) is 31.7 Å². The van der Waals surface area contributed by atoms with Gasteiger partial charge in [-0.15, -0.1) is 0 Å². The van der Waals surface area contributed by atoms with Crippen molar-refractivity contribution in [2.75, 3.05) is 20.1 Å². The topological polar surface area (TPSA) is 49.6 Å². The summed E-state index contributed by atoms with van der Waals surface area (Å²) in [6.07, 6.45) is 6.64. The van der Waals surface area contributed by atoms with E-state index in [4.69, 9.17) is 16.0 Å². The maximum absolute atomic E-state index is 13.0. The number of carbonyl (C=O) groups excluding carboxylic acids is 1. The van der Waals surface area contributed by atoms with Gasteiger partial charge in [0.2, 0.25) is 0 Å². The molecule has 1 fully saturated rings. The van der Waals surface area contributed by atoms with Gasteiger partial charge in [0.05, 0.1) is 23.4 Å².